The average molecular weight is 191 g/mol. The van der Waals surface area contributed by atoms with Crippen molar-refractivity contribution in [3.05, 3.63) is 12.7 Å². The van der Waals surface area contributed by atoms with Gasteiger partial charge < -0.3 is 5.32 Å². The lowest BCUT2D eigenvalue weighted by Crippen LogP contribution is -2.19. The SMILES string of the molecule is C=CCNCCCS(=O)(=O)CC. The molecule has 0 aliphatic rings. The minimum absolute atomic E-state index is 0.245. The Balaban J connectivity index is 3.37. The van der Waals surface area contributed by atoms with E-state index in [4.69, 9.17) is 0 Å². The highest BCUT2D eigenvalue weighted by atomic mass is 32.2. The van der Waals surface area contributed by atoms with Crippen LogP contribution in [0.2, 0.25) is 0 Å². The van der Waals surface area contributed by atoms with E-state index in [0.717, 1.165) is 13.1 Å². The van der Waals surface area contributed by atoms with Gasteiger partial charge in [0.2, 0.25) is 0 Å². The van der Waals surface area contributed by atoms with Crippen molar-refractivity contribution in [2.45, 2.75) is 13.3 Å². The van der Waals surface area contributed by atoms with E-state index in [9.17, 15) is 8.42 Å². The maximum absolute atomic E-state index is 11.0. The highest BCUT2D eigenvalue weighted by Gasteiger charge is 2.05. The molecule has 1 N–H and O–H groups in total. The summed E-state index contributed by atoms with van der Waals surface area (Å²) in [5, 5.41) is 3.05. The molecule has 0 amide bonds. The number of rotatable bonds is 7. The molecule has 0 aromatic carbocycles. The Morgan fingerprint density at radius 3 is 2.67 bits per heavy atom. The molecule has 0 heterocycles. The summed E-state index contributed by atoms with van der Waals surface area (Å²) in [6.45, 7) is 6.70. The maximum Gasteiger partial charge on any atom is 0.150 e. The zero-order valence-corrected chi connectivity index (χ0v) is 8.36. The molecule has 0 rings (SSSR count). The summed E-state index contributed by atoms with van der Waals surface area (Å²) in [6, 6.07) is 0. The molecular weight excluding hydrogens is 174 g/mol. The fraction of sp³-hybridized carbons (Fsp3) is 0.750. The quantitative estimate of drug-likeness (QED) is 0.473. The molecule has 0 spiro atoms. The standard InChI is InChI=1S/C8H17NO2S/c1-3-6-9-7-5-8-12(10,11)4-2/h3,9H,1,4-8H2,2H3. The van der Waals surface area contributed by atoms with Crippen molar-refractivity contribution >= 4 is 9.84 Å². The van der Waals surface area contributed by atoms with Gasteiger partial charge in [0.1, 0.15) is 9.84 Å². The fourth-order valence-electron chi connectivity index (χ4n) is 0.766. The second kappa shape index (κ2) is 6.20. The van der Waals surface area contributed by atoms with E-state index in [1.807, 2.05) is 0 Å². The van der Waals surface area contributed by atoms with Crippen LogP contribution in [-0.2, 0) is 9.84 Å². The Labute approximate surface area is 74.8 Å². The molecular formula is C8H17NO2S. The number of hydrogen-bond donors (Lipinski definition) is 1. The third-order valence-corrected chi connectivity index (χ3v) is 3.33. The summed E-state index contributed by atoms with van der Waals surface area (Å²) in [6.07, 6.45) is 2.44. The second-order valence-electron chi connectivity index (χ2n) is 2.58. The molecule has 0 aromatic rings. The molecule has 0 fully saturated rings. The smallest absolute Gasteiger partial charge is 0.150 e. The predicted molar refractivity (Wildman–Crippen MR) is 52.0 cm³/mol. The van der Waals surface area contributed by atoms with Gasteiger partial charge in [0.05, 0.1) is 5.75 Å². The van der Waals surface area contributed by atoms with Crippen molar-refractivity contribution in [1.29, 1.82) is 0 Å². The zero-order chi connectivity index (χ0) is 9.45. The molecule has 0 aliphatic heterocycles. The number of hydrogen-bond acceptors (Lipinski definition) is 3. The Hall–Kier alpha value is -0.350. The summed E-state index contributed by atoms with van der Waals surface area (Å²) in [4.78, 5) is 0. The highest BCUT2D eigenvalue weighted by Crippen LogP contribution is 1.91. The van der Waals surface area contributed by atoms with Gasteiger partial charge in [-0.1, -0.05) is 13.0 Å². The van der Waals surface area contributed by atoms with E-state index in [0.29, 0.717) is 6.42 Å². The third kappa shape index (κ3) is 6.37. The van der Waals surface area contributed by atoms with Crippen molar-refractivity contribution in [1.82, 2.24) is 5.32 Å². The van der Waals surface area contributed by atoms with Gasteiger partial charge in [-0.2, -0.15) is 0 Å². The highest BCUT2D eigenvalue weighted by molar-refractivity contribution is 7.91. The van der Waals surface area contributed by atoms with Gasteiger partial charge >= 0.3 is 0 Å². The predicted octanol–water partition coefficient (Wildman–Crippen LogP) is 0.587. The molecule has 0 atom stereocenters. The van der Waals surface area contributed by atoms with Crippen LogP contribution in [0, 0.1) is 0 Å². The van der Waals surface area contributed by atoms with Crippen LogP contribution in [0.15, 0.2) is 12.7 Å². The van der Waals surface area contributed by atoms with Crippen LogP contribution < -0.4 is 5.32 Å². The molecule has 0 saturated heterocycles. The van der Waals surface area contributed by atoms with Crippen LogP contribution in [-0.4, -0.2) is 33.0 Å². The summed E-state index contributed by atoms with van der Waals surface area (Å²) in [5.41, 5.74) is 0. The third-order valence-electron chi connectivity index (χ3n) is 1.54. The van der Waals surface area contributed by atoms with E-state index in [1.54, 1.807) is 13.0 Å². The molecule has 3 nitrogen and oxygen atoms in total. The first-order chi connectivity index (χ1) is 5.62. The van der Waals surface area contributed by atoms with E-state index in [1.165, 1.54) is 0 Å². The van der Waals surface area contributed by atoms with Gasteiger partial charge in [-0.3, -0.25) is 0 Å². The molecule has 72 valence electrons. The van der Waals surface area contributed by atoms with Crippen LogP contribution in [0.4, 0.5) is 0 Å². The molecule has 0 aromatic heterocycles. The van der Waals surface area contributed by atoms with Gasteiger partial charge in [0.15, 0.2) is 0 Å². The lowest BCUT2D eigenvalue weighted by Gasteiger charge is -2.01. The topological polar surface area (TPSA) is 46.2 Å². The van der Waals surface area contributed by atoms with Gasteiger partial charge in [0.25, 0.3) is 0 Å². The Bertz CT molecular complexity index is 209. The largest absolute Gasteiger partial charge is 0.313 e. The van der Waals surface area contributed by atoms with E-state index in [-0.39, 0.29) is 11.5 Å². The monoisotopic (exact) mass is 191 g/mol. The molecule has 0 saturated carbocycles. The van der Waals surface area contributed by atoms with Crippen molar-refractivity contribution < 1.29 is 8.42 Å². The van der Waals surface area contributed by atoms with Crippen molar-refractivity contribution in [2.75, 3.05) is 24.6 Å². The zero-order valence-electron chi connectivity index (χ0n) is 7.54. The van der Waals surface area contributed by atoms with Gasteiger partial charge in [0, 0.05) is 12.3 Å². The van der Waals surface area contributed by atoms with Crippen LogP contribution in [0.3, 0.4) is 0 Å². The summed E-state index contributed by atoms with van der Waals surface area (Å²) < 4.78 is 22.0. The van der Waals surface area contributed by atoms with Gasteiger partial charge in [-0.15, -0.1) is 6.58 Å². The van der Waals surface area contributed by atoms with E-state index >= 15 is 0 Å². The Morgan fingerprint density at radius 2 is 2.17 bits per heavy atom. The normalized spacial score (nSPS) is 11.4. The summed E-state index contributed by atoms with van der Waals surface area (Å²) in [5.74, 6) is 0.530. The molecule has 0 aliphatic carbocycles. The molecule has 0 bridgehead atoms. The minimum atomic E-state index is -2.77. The Morgan fingerprint density at radius 1 is 1.50 bits per heavy atom. The van der Waals surface area contributed by atoms with Crippen molar-refractivity contribution in [3.63, 3.8) is 0 Å². The first-order valence-electron chi connectivity index (χ1n) is 4.14. The molecule has 0 unspecified atom stereocenters. The maximum atomic E-state index is 11.0. The fourth-order valence-corrected chi connectivity index (χ4v) is 1.64. The first kappa shape index (κ1) is 11.6. The lowest BCUT2D eigenvalue weighted by atomic mass is 10.5. The van der Waals surface area contributed by atoms with Crippen LogP contribution in [0.5, 0.6) is 0 Å². The van der Waals surface area contributed by atoms with Gasteiger partial charge in [-0.25, -0.2) is 8.42 Å². The van der Waals surface area contributed by atoms with Crippen LogP contribution in [0.1, 0.15) is 13.3 Å². The van der Waals surface area contributed by atoms with Crippen molar-refractivity contribution in [3.8, 4) is 0 Å². The van der Waals surface area contributed by atoms with E-state index < -0.39 is 9.84 Å². The molecule has 12 heavy (non-hydrogen) atoms. The van der Waals surface area contributed by atoms with Crippen LogP contribution >= 0.6 is 0 Å². The molecule has 0 radical (unpaired) electrons. The van der Waals surface area contributed by atoms with Crippen molar-refractivity contribution in [2.24, 2.45) is 0 Å². The number of sulfone groups is 1. The van der Waals surface area contributed by atoms with E-state index in [2.05, 4.69) is 11.9 Å². The Kier molecular flexibility index (Phi) is 6.02. The lowest BCUT2D eigenvalue weighted by molar-refractivity contribution is 0.592. The second-order valence-corrected chi connectivity index (χ2v) is 5.06. The number of nitrogens with one attached hydrogen (secondary N) is 1. The minimum Gasteiger partial charge on any atom is -0.313 e. The van der Waals surface area contributed by atoms with Crippen LogP contribution in [0.25, 0.3) is 0 Å². The van der Waals surface area contributed by atoms with Gasteiger partial charge in [-0.05, 0) is 13.0 Å². The molecule has 4 heteroatoms. The average Bonchev–Trinajstić information content (AvgIpc) is 2.04. The first-order valence-corrected chi connectivity index (χ1v) is 5.96. The summed E-state index contributed by atoms with van der Waals surface area (Å²) >= 11 is 0. The summed E-state index contributed by atoms with van der Waals surface area (Å²) in [7, 11) is -2.77.